The monoisotopic (exact) mass is 326 g/mol. The lowest BCUT2D eigenvalue weighted by molar-refractivity contribution is -0.140. The first-order chi connectivity index (χ1) is 11.6. The molecule has 2 fully saturated rings. The maximum absolute atomic E-state index is 12.5. The standard InChI is InChI=1S/C18H18N2O4/c1-2-24-14-7-10(3-6-13(14)21)9-19-20-17(22)15-11-4-5-12(8-11)16(15)18(20)23/h3-7,9,11-12,15-16,21H,2,8H2,1H3/t11-,12-,15-,16+/m0/s1. The molecule has 3 aliphatic rings. The number of carbonyl (C=O) groups is 2. The Morgan fingerprint density at radius 1 is 1.25 bits per heavy atom. The molecule has 2 bridgehead atoms. The van der Waals surface area contributed by atoms with Gasteiger partial charge < -0.3 is 9.84 Å². The Kier molecular flexibility index (Phi) is 3.40. The van der Waals surface area contributed by atoms with Crippen LogP contribution >= 0.6 is 0 Å². The summed E-state index contributed by atoms with van der Waals surface area (Å²) in [5.74, 6) is -0.167. The highest BCUT2D eigenvalue weighted by Crippen LogP contribution is 2.52. The normalized spacial score (nSPS) is 30.6. The van der Waals surface area contributed by atoms with E-state index in [-0.39, 0.29) is 41.2 Å². The predicted octanol–water partition coefficient (Wildman–Crippen LogP) is 1.93. The first kappa shape index (κ1) is 14.9. The summed E-state index contributed by atoms with van der Waals surface area (Å²) in [7, 11) is 0. The molecule has 4 rings (SSSR count). The van der Waals surface area contributed by atoms with Crippen molar-refractivity contribution in [1.29, 1.82) is 0 Å². The van der Waals surface area contributed by atoms with Crippen LogP contribution in [0.4, 0.5) is 0 Å². The highest BCUT2D eigenvalue weighted by Gasteiger charge is 2.59. The van der Waals surface area contributed by atoms with Crippen molar-refractivity contribution in [2.24, 2.45) is 28.8 Å². The molecule has 6 nitrogen and oxygen atoms in total. The molecule has 1 N–H and O–H groups in total. The third kappa shape index (κ3) is 2.13. The lowest BCUT2D eigenvalue weighted by Gasteiger charge is -2.13. The van der Waals surface area contributed by atoms with E-state index in [4.69, 9.17) is 4.74 Å². The molecule has 1 aromatic rings. The minimum atomic E-state index is -0.247. The van der Waals surface area contributed by atoms with Gasteiger partial charge in [0.15, 0.2) is 11.5 Å². The van der Waals surface area contributed by atoms with Crippen LogP contribution in [0.15, 0.2) is 35.5 Å². The van der Waals surface area contributed by atoms with E-state index in [0.717, 1.165) is 11.4 Å². The van der Waals surface area contributed by atoms with E-state index >= 15 is 0 Å². The van der Waals surface area contributed by atoms with E-state index in [9.17, 15) is 14.7 Å². The first-order valence-electron chi connectivity index (χ1n) is 8.16. The molecule has 0 spiro atoms. The van der Waals surface area contributed by atoms with Gasteiger partial charge in [0, 0.05) is 0 Å². The molecule has 6 heteroatoms. The highest BCUT2D eigenvalue weighted by atomic mass is 16.5. The Morgan fingerprint density at radius 2 is 1.92 bits per heavy atom. The molecule has 124 valence electrons. The molecule has 4 atom stereocenters. The third-order valence-corrected chi connectivity index (χ3v) is 5.05. The van der Waals surface area contributed by atoms with Crippen molar-refractivity contribution < 1.29 is 19.4 Å². The van der Waals surface area contributed by atoms with Crippen LogP contribution in [0, 0.1) is 23.7 Å². The van der Waals surface area contributed by atoms with Gasteiger partial charge in [-0.3, -0.25) is 9.59 Å². The summed E-state index contributed by atoms with van der Waals surface area (Å²) < 4.78 is 5.32. The number of hydrazone groups is 1. The van der Waals surface area contributed by atoms with E-state index in [2.05, 4.69) is 17.3 Å². The van der Waals surface area contributed by atoms with Gasteiger partial charge in [-0.1, -0.05) is 12.2 Å². The fraction of sp³-hybridized carbons (Fsp3) is 0.389. The van der Waals surface area contributed by atoms with E-state index in [1.165, 1.54) is 12.3 Å². The average molecular weight is 326 g/mol. The van der Waals surface area contributed by atoms with Crippen molar-refractivity contribution in [3.05, 3.63) is 35.9 Å². The van der Waals surface area contributed by atoms with Crippen LogP contribution in [0.25, 0.3) is 0 Å². The summed E-state index contributed by atoms with van der Waals surface area (Å²) in [5, 5.41) is 14.8. The van der Waals surface area contributed by atoms with Crippen LogP contribution < -0.4 is 4.74 Å². The predicted molar refractivity (Wildman–Crippen MR) is 86.4 cm³/mol. The summed E-state index contributed by atoms with van der Waals surface area (Å²) in [4.78, 5) is 25.0. The maximum atomic E-state index is 12.5. The molecule has 1 aromatic carbocycles. The van der Waals surface area contributed by atoms with Crippen LogP contribution in [0.2, 0.25) is 0 Å². The van der Waals surface area contributed by atoms with Crippen molar-refractivity contribution in [2.75, 3.05) is 6.61 Å². The Bertz CT molecular complexity index is 740. The summed E-state index contributed by atoms with van der Waals surface area (Å²) >= 11 is 0. The van der Waals surface area contributed by atoms with Crippen molar-refractivity contribution in [3.63, 3.8) is 0 Å². The number of ether oxygens (including phenoxy) is 1. The largest absolute Gasteiger partial charge is 0.504 e. The number of imide groups is 1. The number of rotatable bonds is 4. The molecule has 24 heavy (non-hydrogen) atoms. The van der Waals surface area contributed by atoms with Gasteiger partial charge >= 0.3 is 0 Å². The first-order valence-corrected chi connectivity index (χ1v) is 8.16. The number of fused-ring (bicyclic) bond motifs is 5. The number of amides is 2. The molecule has 2 amide bonds. The summed E-state index contributed by atoms with van der Waals surface area (Å²) in [5.41, 5.74) is 0.648. The molecule has 0 unspecified atom stereocenters. The summed E-state index contributed by atoms with van der Waals surface area (Å²) in [6.07, 6.45) is 6.46. The van der Waals surface area contributed by atoms with Crippen molar-refractivity contribution in [2.45, 2.75) is 13.3 Å². The van der Waals surface area contributed by atoms with E-state index in [1.54, 1.807) is 12.1 Å². The topological polar surface area (TPSA) is 79.2 Å². The van der Waals surface area contributed by atoms with Crippen LogP contribution in [0.3, 0.4) is 0 Å². The number of allylic oxidation sites excluding steroid dienone is 2. The number of phenols is 1. The van der Waals surface area contributed by atoms with Crippen LogP contribution in [0.1, 0.15) is 18.9 Å². The number of benzene rings is 1. The Balaban J connectivity index is 1.56. The average Bonchev–Trinajstić information content (AvgIpc) is 3.24. The molecular weight excluding hydrogens is 308 g/mol. The van der Waals surface area contributed by atoms with Crippen molar-refractivity contribution in [1.82, 2.24) is 5.01 Å². The second-order valence-corrected chi connectivity index (χ2v) is 6.39. The molecule has 1 saturated heterocycles. The molecule has 1 saturated carbocycles. The number of phenolic OH excluding ortho intramolecular Hbond substituents is 1. The Labute approximate surface area is 139 Å². The lowest BCUT2D eigenvalue weighted by Crippen LogP contribution is -2.28. The zero-order chi connectivity index (χ0) is 16.8. The zero-order valence-electron chi connectivity index (χ0n) is 13.3. The van der Waals surface area contributed by atoms with Crippen LogP contribution in [-0.2, 0) is 9.59 Å². The number of nitrogens with zero attached hydrogens (tertiary/aromatic N) is 2. The molecule has 2 aliphatic carbocycles. The minimum Gasteiger partial charge on any atom is -0.504 e. The van der Waals surface area contributed by atoms with Gasteiger partial charge in [0.2, 0.25) is 0 Å². The maximum Gasteiger partial charge on any atom is 0.254 e. The Hall–Kier alpha value is -2.63. The van der Waals surface area contributed by atoms with Gasteiger partial charge in [0.1, 0.15) is 0 Å². The van der Waals surface area contributed by atoms with E-state index in [1.807, 2.05) is 6.92 Å². The van der Waals surface area contributed by atoms with Gasteiger partial charge in [-0.25, -0.2) is 0 Å². The fourth-order valence-electron chi connectivity index (χ4n) is 4.01. The van der Waals surface area contributed by atoms with E-state index < -0.39 is 0 Å². The lowest BCUT2D eigenvalue weighted by atomic mass is 9.85. The van der Waals surface area contributed by atoms with Gasteiger partial charge in [-0.15, -0.1) is 0 Å². The molecular formula is C18H18N2O4. The quantitative estimate of drug-likeness (QED) is 0.521. The van der Waals surface area contributed by atoms with Crippen LogP contribution in [0.5, 0.6) is 11.5 Å². The van der Waals surface area contributed by atoms with Gasteiger partial charge in [0.25, 0.3) is 11.8 Å². The molecule has 1 aliphatic heterocycles. The molecule has 1 heterocycles. The van der Waals surface area contributed by atoms with E-state index in [0.29, 0.717) is 17.9 Å². The number of hydrogen-bond acceptors (Lipinski definition) is 5. The zero-order valence-corrected chi connectivity index (χ0v) is 13.3. The fourth-order valence-corrected chi connectivity index (χ4v) is 4.01. The van der Waals surface area contributed by atoms with Crippen molar-refractivity contribution >= 4 is 18.0 Å². The highest BCUT2D eigenvalue weighted by molar-refractivity contribution is 6.06. The van der Waals surface area contributed by atoms with Gasteiger partial charge in [0.05, 0.1) is 24.7 Å². The summed E-state index contributed by atoms with van der Waals surface area (Å²) in [6.45, 7) is 2.25. The molecule has 0 radical (unpaired) electrons. The van der Waals surface area contributed by atoms with Gasteiger partial charge in [-0.2, -0.15) is 10.1 Å². The second-order valence-electron chi connectivity index (χ2n) is 6.39. The number of hydrogen-bond donors (Lipinski definition) is 1. The molecule has 0 aromatic heterocycles. The third-order valence-electron chi connectivity index (χ3n) is 5.05. The second kappa shape index (κ2) is 5.47. The van der Waals surface area contributed by atoms with Crippen molar-refractivity contribution in [3.8, 4) is 11.5 Å². The number of carbonyl (C=O) groups excluding carboxylic acids is 2. The smallest absolute Gasteiger partial charge is 0.254 e. The number of aromatic hydroxyl groups is 1. The van der Waals surface area contributed by atoms with Gasteiger partial charge in [-0.05, 0) is 48.9 Å². The minimum absolute atomic E-state index is 0.0412. The van der Waals surface area contributed by atoms with Crippen LogP contribution in [-0.4, -0.2) is 34.8 Å². The summed E-state index contributed by atoms with van der Waals surface area (Å²) in [6, 6.07) is 4.77. The SMILES string of the molecule is CCOc1cc(C=NN2C(=O)[C@@H]3[C@H](C2=O)[C@H]2C=C[C@H]3C2)ccc1O. The Morgan fingerprint density at radius 3 is 2.54 bits per heavy atom.